The lowest BCUT2D eigenvalue weighted by Gasteiger charge is -2.34. The highest BCUT2D eigenvalue weighted by molar-refractivity contribution is 5.85. The van der Waals surface area contributed by atoms with Gasteiger partial charge in [0.05, 0.1) is 23.9 Å². The molecule has 2 aliphatic rings. The van der Waals surface area contributed by atoms with Gasteiger partial charge in [0.1, 0.15) is 17.5 Å². The van der Waals surface area contributed by atoms with Crippen molar-refractivity contribution in [2.75, 3.05) is 42.9 Å². The van der Waals surface area contributed by atoms with E-state index in [2.05, 4.69) is 38.4 Å². The lowest BCUT2D eigenvalue weighted by Crippen LogP contribution is -2.48. The lowest BCUT2D eigenvalue weighted by atomic mass is 10.1. The van der Waals surface area contributed by atoms with Crippen LogP contribution in [0.2, 0.25) is 0 Å². The van der Waals surface area contributed by atoms with E-state index in [1.807, 2.05) is 23.2 Å². The van der Waals surface area contributed by atoms with Gasteiger partial charge in [0, 0.05) is 44.1 Å². The van der Waals surface area contributed by atoms with E-state index >= 15 is 0 Å². The van der Waals surface area contributed by atoms with Gasteiger partial charge in [-0.15, -0.1) is 12.4 Å². The summed E-state index contributed by atoms with van der Waals surface area (Å²) in [5, 5.41) is 21.4. The van der Waals surface area contributed by atoms with Crippen LogP contribution in [0.1, 0.15) is 29.9 Å². The van der Waals surface area contributed by atoms with E-state index < -0.39 is 5.97 Å². The van der Waals surface area contributed by atoms with Gasteiger partial charge in [0.2, 0.25) is 0 Å². The van der Waals surface area contributed by atoms with E-state index in [0.717, 1.165) is 30.2 Å². The molecule has 0 unspecified atom stereocenters. The fourth-order valence-corrected chi connectivity index (χ4v) is 4.17. The smallest absolute Gasteiger partial charge is 0.317 e. The molecule has 9 nitrogen and oxygen atoms in total. The Kier molecular flexibility index (Phi) is 7.44. The standard InChI is InChI=1S/C25H25N7O2.ClH/c26-14-17-5-6-27-22(11-17)30-23-13-20(18-1-2-18)12-21(29-23)19-3-4-24(28-15-19)32-9-7-31(8-10-32)16-25(33)34;/h3-6,11-13,15,18H,1-2,7-10,16H2,(H,33,34)(H,27,29,30);1H. The van der Waals surface area contributed by atoms with Crippen LogP contribution in [0.25, 0.3) is 11.3 Å². The van der Waals surface area contributed by atoms with Crippen LogP contribution in [0.4, 0.5) is 17.5 Å². The van der Waals surface area contributed by atoms with Gasteiger partial charge in [0.25, 0.3) is 0 Å². The van der Waals surface area contributed by atoms with Crippen molar-refractivity contribution in [3.8, 4) is 17.3 Å². The molecule has 1 aliphatic heterocycles. The Balaban J connectivity index is 0.00000289. The van der Waals surface area contributed by atoms with E-state index in [1.165, 1.54) is 18.4 Å². The third-order valence-corrected chi connectivity index (χ3v) is 6.14. The number of hydrogen-bond acceptors (Lipinski definition) is 8. The van der Waals surface area contributed by atoms with E-state index in [0.29, 0.717) is 36.2 Å². The van der Waals surface area contributed by atoms with Crippen LogP contribution in [-0.4, -0.2) is 63.7 Å². The Hall–Kier alpha value is -3.74. The van der Waals surface area contributed by atoms with E-state index in [-0.39, 0.29) is 19.0 Å². The number of carboxylic acids is 1. The molecule has 0 radical (unpaired) electrons. The summed E-state index contributed by atoms with van der Waals surface area (Å²) in [6.07, 6.45) is 5.80. The number of aromatic nitrogens is 3. The zero-order valence-corrected chi connectivity index (χ0v) is 19.9. The molecule has 35 heavy (non-hydrogen) atoms. The zero-order chi connectivity index (χ0) is 23.5. The minimum atomic E-state index is -0.792. The zero-order valence-electron chi connectivity index (χ0n) is 19.1. The number of hydrogen-bond donors (Lipinski definition) is 2. The molecule has 0 bridgehead atoms. The fourth-order valence-electron chi connectivity index (χ4n) is 4.17. The van der Waals surface area contributed by atoms with Crippen LogP contribution in [0.5, 0.6) is 0 Å². The first kappa shape index (κ1) is 24.4. The van der Waals surface area contributed by atoms with Gasteiger partial charge in [-0.05, 0) is 60.7 Å². The Bertz CT molecular complexity index is 1230. The predicted molar refractivity (Wildman–Crippen MR) is 135 cm³/mol. The number of rotatable bonds is 7. The van der Waals surface area contributed by atoms with E-state index in [9.17, 15) is 4.79 Å². The van der Waals surface area contributed by atoms with Crippen molar-refractivity contribution in [2.45, 2.75) is 18.8 Å². The molecule has 2 fully saturated rings. The number of halogens is 1. The molecule has 2 N–H and O–H groups in total. The molecule has 3 aromatic rings. The van der Waals surface area contributed by atoms with Crippen LogP contribution < -0.4 is 10.2 Å². The molecule has 180 valence electrons. The number of carboxylic acid groups (broad SMARTS) is 1. The predicted octanol–water partition coefficient (Wildman–Crippen LogP) is 3.66. The number of nitriles is 1. The number of anilines is 3. The number of pyridine rings is 3. The molecule has 5 rings (SSSR count). The molecule has 0 spiro atoms. The Morgan fingerprint density at radius 3 is 2.54 bits per heavy atom. The highest BCUT2D eigenvalue weighted by Crippen LogP contribution is 2.42. The quantitative estimate of drug-likeness (QED) is 0.510. The topological polar surface area (TPSA) is 118 Å². The van der Waals surface area contributed by atoms with Crippen molar-refractivity contribution in [3.05, 3.63) is 59.9 Å². The maximum atomic E-state index is 10.9. The Morgan fingerprint density at radius 2 is 1.89 bits per heavy atom. The lowest BCUT2D eigenvalue weighted by molar-refractivity contribution is -0.138. The third-order valence-electron chi connectivity index (χ3n) is 6.14. The minimum absolute atomic E-state index is 0. The van der Waals surface area contributed by atoms with E-state index in [1.54, 1.807) is 18.3 Å². The van der Waals surface area contributed by atoms with Gasteiger partial charge < -0.3 is 15.3 Å². The summed E-state index contributed by atoms with van der Waals surface area (Å²) in [6.45, 7) is 2.99. The number of piperazine rings is 1. The first-order valence-electron chi connectivity index (χ1n) is 11.4. The average molecular weight is 492 g/mol. The second-order valence-electron chi connectivity index (χ2n) is 8.67. The largest absolute Gasteiger partial charge is 0.480 e. The van der Waals surface area contributed by atoms with Gasteiger partial charge in [-0.2, -0.15) is 5.26 Å². The normalized spacial score (nSPS) is 15.7. The molecule has 0 atom stereocenters. The minimum Gasteiger partial charge on any atom is -0.480 e. The molecule has 1 saturated heterocycles. The van der Waals surface area contributed by atoms with Gasteiger partial charge in [0.15, 0.2) is 0 Å². The summed E-state index contributed by atoms with van der Waals surface area (Å²) < 4.78 is 0. The maximum Gasteiger partial charge on any atom is 0.317 e. The number of carbonyl (C=O) groups is 1. The monoisotopic (exact) mass is 491 g/mol. The highest BCUT2D eigenvalue weighted by Gasteiger charge is 2.25. The molecule has 3 aromatic heterocycles. The summed E-state index contributed by atoms with van der Waals surface area (Å²) >= 11 is 0. The maximum absolute atomic E-state index is 10.9. The van der Waals surface area contributed by atoms with Gasteiger partial charge in [-0.1, -0.05) is 0 Å². The first-order valence-corrected chi connectivity index (χ1v) is 11.4. The van der Waals surface area contributed by atoms with Gasteiger partial charge in [-0.3, -0.25) is 9.69 Å². The van der Waals surface area contributed by atoms with Crippen LogP contribution in [0, 0.1) is 11.3 Å². The molecule has 0 aromatic carbocycles. The molecule has 1 aliphatic carbocycles. The summed E-state index contributed by atoms with van der Waals surface area (Å²) in [6, 6.07) is 13.7. The second kappa shape index (κ2) is 10.7. The van der Waals surface area contributed by atoms with E-state index in [4.69, 9.17) is 15.4 Å². The molecule has 10 heteroatoms. The Labute approximate surface area is 209 Å². The third kappa shape index (κ3) is 6.04. The summed E-state index contributed by atoms with van der Waals surface area (Å²) in [5.41, 5.74) is 3.55. The molecule has 1 saturated carbocycles. The van der Waals surface area contributed by atoms with Crippen LogP contribution >= 0.6 is 12.4 Å². The molecular formula is C25H26ClN7O2. The van der Waals surface area contributed by atoms with Crippen molar-refractivity contribution >= 4 is 35.8 Å². The van der Waals surface area contributed by atoms with Crippen molar-refractivity contribution in [1.29, 1.82) is 5.26 Å². The number of nitrogens with one attached hydrogen (secondary N) is 1. The van der Waals surface area contributed by atoms with Crippen molar-refractivity contribution in [2.24, 2.45) is 0 Å². The van der Waals surface area contributed by atoms with Crippen molar-refractivity contribution < 1.29 is 9.90 Å². The molecule has 4 heterocycles. The fraction of sp³-hybridized carbons (Fsp3) is 0.320. The number of aliphatic carboxylic acids is 1. The van der Waals surface area contributed by atoms with Crippen molar-refractivity contribution in [3.63, 3.8) is 0 Å². The number of nitrogens with zero attached hydrogens (tertiary/aromatic N) is 6. The molecule has 0 amide bonds. The van der Waals surface area contributed by atoms with Gasteiger partial charge >= 0.3 is 5.97 Å². The summed E-state index contributed by atoms with van der Waals surface area (Å²) in [5.74, 6) is 1.92. The second-order valence-corrected chi connectivity index (χ2v) is 8.67. The SMILES string of the molecule is Cl.N#Cc1ccnc(Nc2cc(C3CC3)cc(-c3ccc(N4CCN(CC(=O)O)CC4)nc3)n2)c1. The molecular weight excluding hydrogens is 466 g/mol. The average Bonchev–Trinajstić information content (AvgIpc) is 3.70. The summed E-state index contributed by atoms with van der Waals surface area (Å²) in [4.78, 5) is 28.8. The first-order chi connectivity index (χ1) is 16.6. The Morgan fingerprint density at radius 1 is 1.09 bits per heavy atom. The van der Waals surface area contributed by atoms with Crippen LogP contribution in [-0.2, 0) is 4.79 Å². The van der Waals surface area contributed by atoms with Crippen LogP contribution in [0.3, 0.4) is 0 Å². The van der Waals surface area contributed by atoms with Gasteiger partial charge in [-0.25, -0.2) is 15.0 Å². The highest BCUT2D eigenvalue weighted by atomic mass is 35.5. The van der Waals surface area contributed by atoms with Crippen molar-refractivity contribution in [1.82, 2.24) is 19.9 Å². The summed E-state index contributed by atoms with van der Waals surface area (Å²) in [7, 11) is 0. The van der Waals surface area contributed by atoms with Crippen LogP contribution in [0.15, 0.2) is 48.8 Å².